The van der Waals surface area contributed by atoms with Crippen molar-refractivity contribution in [2.45, 2.75) is 57.3 Å². The fourth-order valence-electron chi connectivity index (χ4n) is 4.24. The van der Waals surface area contributed by atoms with E-state index < -0.39 is 11.4 Å². The third kappa shape index (κ3) is 1.98. The second-order valence-corrected chi connectivity index (χ2v) is 6.67. The summed E-state index contributed by atoms with van der Waals surface area (Å²) in [4.78, 5) is 11.8. The molecule has 1 N–H and O–H groups in total. The predicted molar refractivity (Wildman–Crippen MR) is 75.2 cm³/mol. The highest BCUT2D eigenvalue weighted by atomic mass is 16.4. The summed E-state index contributed by atoms with van der Waals surface area (Å²) in [7, 11) is 0. The molecule has 2 fully saturated rings. The Kier molecular flexibility index (Phi) is 2.92. The van der Waals surface area contributed by atoms with Crippen LogP contribution >= 0.6 is 0 Å². The Labute approximate surface area is 114 Å². The second-order valence-electron chi connectivity index (χ2n) is 6.67. The van der Waals surface area contributed by atoms with Gasteiger partial charge in [0.15, 0.2) is 0 Å². The number of carbonyl (C=O) groups is 1. The summed E-state index contributed by atoms with van der Waals surface area (Å²) < 4.78 is 0. The van der Waals surface area contributed by atoms with Crippen LogP contribution in [0.15, 0.2) is 24.3 Å². The maximum absolute atomic E-state index is 11.8. The SMILES string of the molecule is Cc1ccc(C2(C(=O)O)CC3(CCCCC3)C2)cc1. The van der Waals surface area contributed by atoms with Gasteiger partial charge in [-0.3, -0.25) is 4.79 Å². The molecule has 0 aliphatic heterocycles. The molecule has 1 aromatic rings. The van der Waals surface area contributed by atoms with Crippen LogP contribution in [0.25, 0.3) is 0 Å². The Morgan fingerprint density at radius 1 is 1.05 bits per heavy atom. The summed E-state index contributed by atoms with van der Waals surface area (Å²) >= 11 is 0. The van der Waals surface area contributed by atoms with Gasteiger partial charge in [0.25, 0.3) is 0 Å². The van der Waals surface area contributed by atoms with Crippen molar-refractivity contribution in [3.63, 3.8) is 0 Å². The van der Waals surface area contributed by atoms with E-state index in [2.05, 4.69) is 0 Å². The normalized spacial score (nSPS) is 23.8. The van der Waals surface area contributed by atoms with Gasteiger partial charge in [-0.25, -0.2) is 0 Å². The lowest BCUT2D eigenvalue weighted by molar-refractivity contribution is -0.156. The zero-order valence-corrected chi connectivity index (χ0v) is 11.6. The van der Waals surface area contributed by atoms with E-state index in [9.17, 15) is 9.90 Å². The Morgan fingerprint density at radius 3 is 2.16 bits per heavy atom. The van der Waals surface area contributed by atoms with Crippen molar-refractivity contribution in [3.05, 3.63) is 35.4 Å². The van der Waals surface area contributed by atoms with Gasteiger partial charge in [0.05, 0.1) is 5.41 Å². The maximum atomic E-state index is 11.8. The summed E-state index contributed by atoms with van der Waals surface area (Å²) in [5, 5.41) is 9.72. The molecule has 0 amide bonds. The molecule has 19 heavy (non-hydrogen) atoms. The van der Waals surface area contributed by atoms with Gasteiger partial charge in [0.1, 0.15) is 0 Å². The lowest BCUT2D eigenvalue weighted by Gasteiger charge is -2.56. The summed E-state index contributed by atoms with van der Waals surface area (Å²) in [6, 6.07) is 8.09. The highest BCUT2D eigenvalue weighted by Crippen LogP contribution is 2.61. The highest BCUT2D eigenvalue weighted by Gasteiger charge is 2.59. The molecule has 102 valence electrons. The fourth-order valence-corrected chi connectivity index (χ4v) is 4.24. The van der Waals surface area contributed by atoms with Crippen molar-refractivity contribution in [2.24, 2.45) is 5.41 Å². The van der Waals surface area contributed by atoms with Crippen molar-refractivity contribution < 1.29 is 9.90 Å². The smallest absolute Gasteiger partial charge is 0.314 e. The summed E-state index contributed by atoms with van der Waals surface area (Å²) in [6.07, 6.45) is 8.04. The quantitative estimate of drug-likeness (QED) is 0.868. The molecule has 0 saturated heterocycles. The van der Waals surface area contributed by atoms with E-state index in [1.165, 1.54) is 37.7 Å². The molecule has 0 heterocycles. The zero-order chi connectivity index (χ0) is 13.5. The molecule has 0 radical (unpaired) electrons. The largest absolute Gasteiger partial charge is 0.481 e. The minimum absolute atomic E-state index is 0.335. The van der Waals surface area contributed by atoms with Crippen LogP contribution in [0, 0.1) is 12.3 Å². The standard InChI is InChI=1S/C17H22O2/c1-13-5-7-14(8-6-13)17(15(18)19)11-16(12-17)9-3-2-4-10-16/h5-8H,2-4,9-12H2,1H3,(H,18,19). The molecule has 2 nitrogen and oxygen atoms in total. The number of hydrogen-bond acceptors (Lipinski definition) is 1. The van der Waals surface area contributed by atoms with E-state index in [-0.39, 0.29) is 0 Å². The minimum Gasteiger partial charge on any atom is -0.481 e. The number of hydrogen-bond donors (Lipinski definition) is 1. The van der Waals surface area contributed by atoms with E-state index in [4.69, 9.17) is 0 Å². The molecule has 1 spiro atoms. The van der Waals surface area contributed by atoms with Gasteiger partial charge in [0.2, 0.25) is 0 Å². The van der Waals surface area contributed by atoms with E-state index in [1.807, 2.05) is 31.2 Å². The number of aryl methyl sites for hydroxylation is 1. The molecule has 3 rings (SSSR count). The van der Waals surface area contributed by atoms with Gasteiger partial charge in [-0.05, 0) is 43.6 Å². The van der Waals surface area contributed by atoms with Crippen molar-refractivity contribution >= 4 is 5.97 Å². The molecule has 0 atom stereocenters. The number of rotatable bonds is 2. The summed E-state index contributed by atoms with van der Waals surface area (Å²) in [6.45, 7) is 2.04. The highest BCUT2D eigenvalue weighted by molar-refractivity contribution is 5.83. The first kappa shape index (κ1) is 12.7. The number of carboxylic acid groups (broad SMARTS) is 1. The van der Waals surface area contributed by atoms with E-state index in [0.717, 1.165) is 18.4 Å². The molecule has 1 aromatic carbocycles. The van der Waals surface area contributed by atoms with Crippen LogP contribution in [0.5, 0.6) is 0 Å². The topological polar surface area (TPSA) is 37.3 Å². The van der Waals surface area contributed by atoms with Gasteiger partial charge < -0.3 is 5.11 Å². The molecule has 0 aromatic heterocycles. The lowest BCUT2D eigenvalue weighted by Crippen LogP contribution is -2.55. The molecule has 2 aliphatic rings. The van der Waals surface area contributed by atoms with Crippen LogP contribution in [0.4, 0.5) is 0 Å². The Balaban J connectivity index is 1.87. The van der Waals surface area contributed by atoms with Crippen LogP contribution in [0.3, 0.4) is 0 Å². The Bertz CT molecular complexity index is 472. The van der Waals surface area contributed by atoms with Crippen LogP contribution in [-0.4, -0.2) is 11.1 Å². The van der Waals surface area contributed by atoms with Gasteiger partial charge in [0, 0.05) is 0 Å². The minimum atomic E-state index is -0.632. The maximum Gasteiger partial charge on any atom is 0.314 e. The molecular weight excluding hydrogens is 236 g/mol. The van der Waals surface area contributed by atoms with E-state index >= 15 is 0 Å². The average molecular weight is 258 g/mol. The number of benzene rings is 1. The number of aliphatic carboxylic acids is 1. The van der Waals surface area contributed by atoms with Crippen LogP contribution < -0.4 is 0 Å². The van der Waals surface area contributed by atoms with Gasteiger partial charge >= 0.3 is 5.97 Å². The Hall–Kier alpha value is -1.31. The summed E-state index contributed by atoms with van der Waals surface area (Å²) in [5.74, 6) is -0.632. The van der Waals surface area contributed by atoms with Crippen LogP contribution in [-0.2, 0) is 10.2 Å². The van der Waals surface area contributed by atoms with Crippen molar-refractivity contribution in [2.75, 3.05) is 0 Å². The van der Waals surface area contributed by atoms with Gasteiger partial charge in [-0.2, -0.15) is 0 Å². The van der Waals surface area contributed by atoms with Crippen molar-refractivity contribution in [1.82, 2.24) is 0 Å². The van der Waals surface area contributed by atoms with Crippen molar-refractivity contribution in [1.29, 1.82) is 0 Å². The summed E-state index contributed by atoms with van der Waals surface area (Å²) in [5.41, 5.74) is 1.92. The zero-order valence-electron chi connectivity index (χ0n) is 11.6. The monoisotopic (exact) mass is 258 g/mol. The van der Waals surface area contributed by atoms with Crippen molar-refractivity contribution in [3.8, 4) is 0 Å². The van der Waals surface area contributed by atoms with Gasteiger partial charge in [-0.15, -0.1) is 0 Å². The fraction of sp³-hybridized carbons (Fsp3) is 0.588. The van der Waals surface area contributed by atoms with E-state index in [1.54, 1.807) is 0 Å². The first-order chi connectivity index (χ1) is 9.06. The van der Waals surface area contributed by atoms with Gasteiger partial charge in [-0.1, -0.05) is 49.1 Å². The molecule has 0 bridgehead atoms. The molecule has 2 aliphatic carbocycles. The first-order valence-corrected chi connectivity index (χ1v) is 7.37. The van der Waals surface area contributed by atoms with Crippen LogP contribution in [0.1, 0.15) is 56.1 Å². The molecule has 0 unspecified atom stereocenters. The van der Waals surface area contributed by atoms with E-state index in [0.29, 0.717) is 5.41 Å². The second kappa shape index (κ2) is 4.36. The molecule has 2 heteroatoms. The first-order valence-electron chi connectivity index (χ1n) is 7.37. The number of carboxylic acids is 1. The predicted octanol–water partition coefficient (Wildman–Crippen LogP) is 4.06. The van der Waals surface area contributed by atoms with Crippen LogP contribution in [0.2, 0.25) is 0 Å². The third-order valence-corrected chi connectivity index (χ3v) is 5.28. The average Bonchev–Trinajstić information content (AvgIpc) is 2.37. The lowest BCUT2D eigenvalue weighted by atomic mass is 9.46. The molecule has 2 saturated carbocycles. The Morgan fingerprint density at radius 2 is 1.63 bits per heavy atom. The molecular formula is C17H22O2. The third-order valence-electron chi connectivity index (χ3n) is 5.28.